The molecule has 4 aromatic carbocycles. The number of hydrogen-bond donors (Lipinski definition) is 0. The Morgan fingerprint density at radius 2 is 1.21 bits per heavy atom. The van der Waals surface area contributed by atoms with Crippen LogP contribution in [0.3, 0.4) is 0 Å². The Hall–Kier alpha value is -3.56. The van der Waals surface area contributed by atoms with E-state index in [0.29, 0.717) is 23.8 Å². The van der Waals surface area contributed by atoms with Crippen molar-refractivity contribution in [1.29, 1.82) is 0 Å². The lowest BCUT2D eigenvalue weighted by atomic mass is 9.97. The van der Waals surface area contributed by atoms with Crippen LogP contribution in [0.1, 0.15) is 27.0 Å². The molecule has 7 nitrogen and oxygen atoms in total. The van der Waals surface area contributed by atoms with E-state index in [-0.39, 0.29) is 13.2 Å². The molecule has 0 N–H and O–H groups in total. The van der Waals surface area contributed by atoms with Crippen LogP contribution in [0.15, 0.2) is 115 Å². The molecule has 0 radical (unpaired) electrons. The summed E-state index contributed by atoms with van der Waals surface area (Å²) in [7, 11) is 1.51. The van der Waals surface area contributed by atoms with Crippen LogP contribution >= 0.6 is 11.6 Å². The third kappa shape index (κ3) is 8.74. The number of carbonyl (C=O) groups is 1. The van der Waals surface area contributed by atoms with Crippen molar-refractivity contribution in [2.45, 2.75) is 50.5 Å². The average molecular weight is 603 g/mol. The van der Waals surface area contributed by atoms with E-state index in [4.69, 9.17) is 40.0 Å². The second kappa shape index (κ2) is 15.8. The molecular formula is C35H35ClO7. The number of benzene rings is 4. The van der Waals surface area contributed by atoms with Crippen LogP contribution in [-0.4, -0.2) is 50.4 Å². The van der Waals surface area contributed by atoms with E-state index in [0.717, 1.165) is 16.7 Å². The van der Waals surface area contributed by atoms with Gasteiger partial charge in [0.05, 0.1) is 32.0 Å². The van der Waals surface area contributed by atoms with Gasteiger partial charge in [0.1, 0.15) is 18.3 Å². The number of carbonyl (C=O) groups excluding carboxylic acids is 1. The highest BCUT2D eigenvalue weighted by Crippen LogP contribution is 2.31. The van der Waals surface area contributed by atoms with Gasteiger partial charge in [-0.15, -0.1) is 0 Å². The van der Waals surface area contributed by atoms with E-state index in [2.05, 4.69) is 0 Å². The minimum Gasteiger partial charge on any atom is -0.450 e. The molecular weight excluding hydrogens is 568 g/mol. The predicted octanol–water partition coefficient (Wildman–Crippen LogP) is 6.62. The van der Waals surface area contributed by atoms with Crippen LogP contribution in [-0.2, 0) is 48.2 Å². The number of esters is 1. The average Bonchev–Trinajstić information content (AvgIpc) is 3.06. The van der Waals surface area contributed by atoms with Gasteiger partial charge in [0.25, 0.3) is 0 Å². The summed E-state index contributed by atoms with van der Waals surface area (Å²) in [5.74, 6) is -0.510. The van der Waals surface area contributed by atoms with Crippen molar-refractivity contribution in [3.8, 4) is 0 Å². The number of methoxy groups -OCH3 is 1. The first-order valence-corrected chi connectivity index (χ1v) is 14.6. The van der Waals surface area contributed by atoms with Gasteiger partial charge in [0, 0.05) is 12.1 Å². The Morgan fingerprint density at radius 3 is 1.79 bits per heavy atom. The molecule has 5 rings (SSSR count). The fraction of sp³-hybridized carbons (Fsp3) is 0.286. The second-order valence-corrected chi connectivity index (χ2v) is 10.6. The van der Waals surface area contributed by atoms with Crippen molar-refractivity contribution in [2.75, 3.05) is 13.7 Å². The largest absolute Gasteiger partial charge is 0.450 e. The molecule has 1 aliphatic heterocycles. The maximum Gasteiger partial charge on any atom is 0.338 e. The highest BCUT2D eigenvalue weighted by Gasteiger charge is 2.50. The van der Waals surface area contributed by atoms with Gasteiger partial charge in [-0.1, -0.05) is 103 Å². The molecule has 0 amide bonds. The molecule has 0 saturated carbocycles. The van der Waals surface area contributed by atoms with Crippen molar-refractivity contribution in [1.82, 2.24) is 0 Å². The van der Waals surface area contributed by atoms with E-state index in [1.807, 2.05) is 91.0 Å². The summed E-state index contributed by atoms with van der Waals surface area (Å²) in [6, 6.07) is 35.9. The number of ether oxygens (including phenoxy) is 6. The maximum atomic E-state index is 13.3. The van der Waals surface area contributed by atoms with Crippen LogP contribution < -0.4 is 0 Å². The van der Waals surface area contributed by atoms with Gasteiger partial charge < -0.3 is 28.4 Å². The summed E-state index contributed by atoms with van der Waals surface area (Å²) >= 11 is 6.04. The molecule has 1 heterocycles. The Labute approximate surface area is 257 Å². The molecule has 8 heteroatoms. The molecule has 1 fully saturated rings. The summed E-state index contributed by atoms with van der Waals surface area (Å²) in [5, 5.41) is 0.658. The first-order valence-electron chi connectivity index (χ1n) is 14.2. The smallest absolute Gasteiger partial charge is 0.338 e. The standard InChI is InChI=1S/C35H35ClO7/c1-38-35-33(43-34(37)28-15-9-4-10-16-28)32(41-23-26-13-7-3-8-14-26)31(40-22-25-11-5-2-6-12-25)30(42-35)24-39-21-27-17-19-29(36)20-18-27/h2-20,30-33,35H,21-24H2,1H3/t30-,31-,32+,33-,35+/m1/s1. The van der Waals surface area contributed by atoms with Crippen molar-refractivity contribution in [3.05, 3.63) is 143 Å². The zero-order valence-corrected chi connectivity index (χ0v) is 24.7. The van der Waals surface area contributed by atoms with Gasteiger partial charge >= 0.3 is 5.97 Å². The van der Waals surface area contributed by atoms with Crippen LogP contribution in [0.4, 0.5) is 0 Å². The van der Waals surface area contributed by atoms with Crippen molar-refractivity contribution < 1.29 is 33.2 Å². The Morgan fingerprint density at radius 1 is 0.674 bits per heavy atom. The summed E-state index contributed by atoms with van der Waals surface area (Å²) in [6.45, 7) is 1.10. The van der Waals surface area contributed by atoms with Gasteiger partial charge in [-0.25, -0.2) is 4.79 Å². The monoisotopic (exact) mass is 602 g/mol. The van der Waals surface area contributed by atoms with E-state index >= 15 is 0 Å². The van der Waals surface area contributed by atoms with Gasteiger partial charge in [-0.3, -0.25) is 0 Å². The topological polar surface area (TPSA) is 72.5 Å². The van der Waals surface area contributed by atoms with E-state index in [1.54, 1.807) is 24.3 Å². The van der Waals surface area contributed by atoms with Crippen molar-refractivity contribution >= 4 is 17.6 Å². The van der Waals surface area contributed by atoms with Crippen molar-refractivity contribution in [2.24, 2.45) is 0 Å². The maximum absolute atomic E-state index is 13.3. The summed E-state index contributed by atoms with van der Waals surface area (Å²) in [5.41, 5.74) is 3.33. The number of hydrogen-bond acceptors (Lipinski definition) is 7. The fourth-order valence-electron chi connectivity index (χ4n) is 4.89. The minimum atomic E-state index is -0.922. The molecule has 4 aromatic rings. The van der Waals surface area contributed by atoms with Crippen molar-refractivity contribution in [3.63, 3.8) is 0 Å². The lowest BCUT2D eigenvalue weighted by Crippen LogP contribution is -2.62. The molecule has 0 aromatic heterocycles. The van der Waals surface area contributed by atoms with Gasteiger partial charge in [0.2, 0.25) is 0 Å². The molecule has 1 saturated heterocycles. The Balaban J connectivity index is 1.41. The third-order valence-corrected chi connectivity index (χ3v) is 7.36. The lowest BCUT2D eigenvalue weighted by Gasteiger charge is -2.45. The normalized spacial score (nSPS) is 21.8. The zero-order valence-electron chi connectivity index (χ0n) is 23.9. The zero-order chi connectivity index (χ0) is 29.9. The lowest BCUT2D eigenvalue weighted by molar-refractivity contribution is -0.312. The quantitative estimate of drug-likeness (QED) is 0.159. The van der Waals surface area contributed by atoms with E-state index in [9.17, 15) is 4.79 Å². The van der Waals surface area contributed by atoms with Gasteiger partial charge in [0.15, 0.2) is 12.4 Å². The molecule has 43 heavy (non-hydrogen) atoms. The predicted molar refractivity (Wildman–Crippen MR) is 162 cm³/mol. The molecule has 0 unspecified atom stereocenters. The molecule has 5 atom stereocenters. The summed E-state index contributed by atoms with van der Waals surface area (Å²) < 4.78 is 37.3. The molecule has 1 aliphatic rings. The van der Waals surface area contributed by atoms with Crippen LogP contribution in [0, 0.1) is 0 Å². The Bertz CT molecular complexity index is 1390. The van der Waals surface area contributed by atoms with Gasteiger partial charge in [-0.05, 0) is 41.0 Å². The molecule has 224 valence electrons. The van der Waals surface area contributed by atoms with Crippen LogP contribution in [0.5, 0.6) is 0 Å². The minimum absolute atomic E-state index is 0.187. The first-order chi connectivity index (χ1) is 21.1. The molecule has 0 spiro atoms. The van der Waals surface area contributed by atoms with E-state index < -0.39 is 36.7 Å². The van der Waals surface area contributed by atoms with E-state index in [1.165, 1.54) is 7.11 Å². The highest BCUT2D eigenvalue weighted by atomic mass is 35.5. The van der Waals surface area contributed by atoms with Gasteiger partial charge in [-0.2, -0.15) is 0 Å². The second-order valence-electron chi connectivity index (χ2n) is 10.2. The highest BCUT2D eigenvalue weighted by molar-refractivity contribution is 6.30. The van der Waals surface area contributed by atoms with Crippen LogP contribution in [0.2, 0.25) is 5.02 Å². The fourth-order valence-corrected chi connectivity index (χ4v) is 5.02. The summed E-state index contributed by atoms with van der Waals surface area (Å²) in [6.07, 6.45) is -3.83. The Kier molecular flexibility index (Phi) is 11.3. The number of halogens is 1. The third-order valence-electron chi connectivity index (χ3n) is 7.11. The number of rotatable bonds is 13. The SMILES string of the molecule is CO[C@H]1O[C@H](COCc2ccc(Cl)cc2)[C@@H](OCc2ccccc2)[C@H](OCc2ccccc2)[C@H]1OC(=O)c1ccccc1. The molecule has 0 bridgehead atoms. The molecule has 0 aliphatic carbocycles. The van der Waals surface area contributed by atoms with Crippen LogP contribution in [0.25, 0.3) is 0 Å². The summed E-state index contributed by atoms with van der Waals surface area (Å²) in [4.78, 5) is 13.3. The first kappa shape index (κ1) is 30.9.